The van der Waals surface area contributed by atoms with Gasteiger partial charge in [0.25, 0.3) is 0 Å². The molecule has 0 amide bonds. The first-order valence-corrected chi connectivity index (χ1v) is 8.43. The maximum atomic E-state index is 3.51. The van der Waals surface area contributed by atoms with Crippen LogP contribution >= 0.6 is 0 Å². The fraction of sp³-hybridized carbons (Fsp3) is 0.667. The first kappa shape index (κ1) is 13.9. The number of nitrogens with zero attached hydrogens (tertiary/aromatic N) is 1. The van der Waals surface area contributed by atoms with Gasteiger partial charge in [0.15, 0.2) is 0 Å². The Morgan fingerprint density at radius 3 is 2.45 bits per heavy atom. The summed E-state index contributed by atoms with van der Waals surface area (Å²) in [5.74, 6) is 0. The van der Waals surface area contributed by atoms with Gasteiger partial charge in [0.05, 0.1) is 0 Å². The van der Waals surface area contributed by atoms with Crippen LogP contribution in [-0.4, -0.2) is 19.6 Å². The van der Waals surface area contributed by atoms with E-state index in [1.165, 1.54) is 69.2 Å². The number of anilines is 1. The van der Waals surface area contributed by atoms with Crippen molar-refractivity contribution in [2.45, 2.75) is 63.5 Å². The lowest BCUT2D eigenvalue weighted by Gasteiger charge is -2.34. The molecule has 1 fully saturated rings. The van der Waals surface area contributed by atoms with Gasteiger partial charge in [-0.05, 0) is 44.4 Å². The van der Waals surface area contributed by atoms with E-state index in [2.05, 4.69) is 41.5 Å². The molecule has 2 nitrogen and oxygen atoms in total. The molecule has 0 saturated heterocycles. The van der Waals surface area contributed by atoms with Gasteiger partial charge in [-0.3, -0.25) is 0 Å². The van der Waals surface area contributed by atoms with Crippen LogP contribution in [0.4, 0.5) is 5.69 Å². The quantitative estimate of drug-likeness (QED) is 0.809. The number of fused-ring (bicyclic) bond motifs is 1. The average molecular weight is 272 g/mol. The summed E-state index contributed by atoms with van der Waals surface area (Å²) in [6, 6.07) is 10.4. The van der Waals surface area contributed by atoms with Gasteiger partial charge < -0.3 is 10.2 Å². The Labute approximate surface area is 123 Å². The standard InChI is InChI=1S/C18H28N2/c1-19-17-12-8-14-20(15-9-4-2-3-5-10-15)18-13-7-6-11-16(17)18/h6-7,11,13,15,17,19H,2-5,8-10,12,14H2,1H3. The van der Waals surface area contributed by atoms with Crippen molar-refractivity contribution in [3.63, 3.8) is 0 Å². The summed E-state index contributed by atoms with van der Waals surface area (Å²) in [4.78, 5) is 2.73. The van der Waals surface area contributed by atoms with Gasteiger partial charge in [-0.15, -0.1) is 0 Å². The molecular weight excluding hydrogens is 244 g/mol. The Kier molecular flexibility index (Phi) is 4.62. The zero-order valence-electron chi connectivity index (χ0n) is 12.8. The molecule has 1 aromatic carbocycles. The molecular formula is C18H28N2. The highest BCUT2D eigenvalue weighted by atomic mass is 15.2. The van der Waals surface area contributed by atoms with Gasteiger partial charge in [-0.1, -0.05) is 43.9 Å². The topological polar surface area (TPSA) is 15.3 Å². The van der Waals surface area contributed by atoms with Crippen LogP contribution in [-0.2, 0) is 0 Å². The molecule has 3 rings (SSSR count). The first-order chi connectivity index (χ1) is 9.90. The summed E-state index contributed by atoms with van der Waals surface area (Å²) in [6.45, 7) is 1.24. The number of rotatable bonds is 2. The lowest BCUT2D eigenvalue weighted by Crippen LogP contribution is -2.35. The van der Waals surface area contributed by atoms with E-state index in [0.717, 1.165) is 6.04 Å². The molecule has 1 aliphatic carbocycles. The minimum absolute atomic E-state index is 0.530. The average Bonchev–Trinajstić information content (AvgIpc) is 2.85. The summed E-state index contributed by atoms with van der Waals surface area (Å²) in [5, 5.41) is 3.51. The third kappa shape index (κ3) is 2.85. The van der Waals surface area contributed by atoms with Crippen molar-refractivity contribution in [3.05, 3.63) is 29.8 Å². The molecule has 0 spiro atoms. The van der Waals surface area contributed by atoms with Gasteiger partial charge in [0, 0.05) is 24.3 Å². The van der Waals surface area contributed by atoms with Crippen LogP contribution in [0.3, 0.4) is 0 Å². The normalized spacial score (nSPS) is 24.9. The Balaban J connectivity index is 1.90. The zero-order valence-corrected chi connectivity index (χ0v) is 12.8. The monoisotopic (exact) mass is 272 g/mol. The van der Waals surface area contributed by atoms with Crippen molar-refractivity contribution in [3.8, 4) is 0 Å². The molecule has 0 bridgehead atoms. The van der Waals surface area contributed by atoms with Crippen LogP contribution in [0.1, 0.15) is 63.0 Å². The first-order valence-electron chi connectivity index (χ1n) is 8.43. The molecule has 1 saturated carbocycles. The van der Waals surface area contributed by atoms with E-state index in [1.807, 2.05) is 0 Å². The SMILES string of the molecule is CNC1CCCN(C2CCCCCC2)c2ccccc21. The number of benzene rings is 1. The van der Waals surface area contributed by atoms with E-state index in [-0.39, 0.29) is 0 Å². The summed E-state index contributed by atoms with van der Waals surface area (Å²) >= 11 is 0. The molecule has 1 aromatic rings. The zero-order chi connectivity index (χ0) is 13.8. The second-order valence-electron chi connectivity index (χ2n) is 6.38. The van der Waals surface area contributed by atoms with Gasteiger partial charge in [0.1, 0.15) is 0 Å². The van der Waals surface area contributed by atoms with Crippen LogP contribution in [0.2, 0.25) is 0 Å². The van der Waals surface area contributed by atoms with E-state index in [4.69, 9.17) is 0 Å². The predicted molar refractivity (Wildman–Crippen MR) is 86.3 cm³/mol. The molecule has 1 aliphatic heterocycles. The van der Waals surface area contributed by atoms with Gasteiger partial charge in [0.2, 0.25) is 0 Å². The predicted octanol–water partition coefficient (Wildman–Crippen LogP) is 4.27. The van der Waals surface area contributed by atoms with Gasteiger partial charge in [-0.2, -0.15) is 0 Å². The number of hydrogen-bond donors (Lipinski definition) is 1. The molecule has 2 heteroatoms. The Bertz CT molecular complexity index is 421. The number of para-hydroxylation sites is 1. The maximum Gasteiger partial charge on any atom is 0.0417 e. The van der Waals surface area contributed by atoms with Crippen molar-refractivity contribution in [2.75, 3.05) is 18.5 Å². The third-order valence-corrected chi connectivity index (χ3v) is 5.13. The number of nitrogens with one attached hydrogen (secondary N) is 1. The van der Waals surface area contributed by atoms with Gasteiger partial charge in [-0.25, -0.2) is 0 Å². The molecule has 1 unspecified atom stereocenters. The maximum absolute atomic E-state index is 3.51. The highest BCUT2D eigenvalue weighted by Crippen LogP contribution is 2.36. The van der Waals surface area contributed by atoms with Crippen LogP contribution in [0.25, 0.3) is 0 Å². The van der Waals surface area contributed by atoms with E-state index in [0.29, 0.717) is 6.04 Å². The lowest BCUT2D eigenvalue weighted by molar-refractivity contribution is 0.505. The van der Waals surface area contributed by atoms with Crippen molar-refractivity contribution < 1.29 is 0 Å². The molecule has 1 atom stereocenters. The number of hydrogen-bond acceptors (Lipinski definition) is 2. The smallest absolute Gasteiger partial charge is 0.0417 e. The fourth-order valence-corrected chi connectivity index (χ4v) is 4.03. The van der Waals surface area contributed by atoms with Crippen LogP contribution in [0, 0.1) is 0 Å². The van der Waals surface area contributed by atoms with Crippen LogP contribution in [0.5, 0.6) is 0 Å². The van der Waals surface area contributed by atoms with Crippen molar-refractivity contribution in [1.82, 2.24) is 5.32 Å². The molecule has 110 valence electrons. The minimum atomic E-state index is 0.530. The highest BCUT2D eigenvalue weighted by molar-refractivity contribution is 5.56. The Hall–Kier alpha value is -1.02. The van der Waals surface area contributed by atoms with E-state index in [9.17, 15) is 0 Å². The molecule has 2 aliphatic rings. The summed E-state index contributed by atoms with van der Waals surface area (Å²) in [7, 11) is 2.10. The van der Waals surface area contributed by atoms with Crippen LogP contribution < -0.4 is 10.2 Å². The van der Waals surface area contributed by atoms with Gasteiger partial charge >= 0.3 is 0 Å². The molecule has 20 heavy (non-hydrogen) atoms. The molecule has 1 N–H and O–H groups in total. The molecule has 1 heterocycles. The Morgan fingerprint density at radius 2 is 1.70 bits per heavy atom. The lowest BCUT2D eigenvalue weighted by atomic mass is 10.0. The minimum Gasteiger partial charge on any atom is -0.368 e. The van der Waals surface area contributed by atoms with E-state index >= 15 is 0 Å². The fourth-order valence-electron chi connectivity index (χ4n) is 4.03. The third-order valence-electron chi connectivity index (χ3n) is 5.13. The summed E-state index contributed by atoms with van der Waals surface area (Å²) in [5.41, 5.74) is 3.01. The Morgan fingerprint density at radius 1 is 0.950 bits per heavy atom. The second-order valence-corrected chi connectivity index (χ2v) is 6.38. The van der Waals surface area contributed by atoms with Crippen molar-refractivity contribution in [1.29, 1.82) is 0 Å². The van der Waals surface area contributed by atoms with E-state index < -0.39 is 0 Å². The van der Waals surface area contributed by atoms with Crippen LogP contribution in [0.15, 0.2) is 24.3 Å². The van der Waals surface area contributed by atoms with Crippen molar-refractivity contribution in [2.24, 2.45) is 0 Å². The second kappa shape index (κ2) is 6.62. The largest absolute Gasteiger partial charge is 0.368 e. The molecule has 0 aromatic heterocycles. The molecule has 0 radical (unpaired) electrons. The van der Waals surface area contributed by atoms with Crippen molar-refractivity contribution >= 4 is 5.69 Å². The van der Waals surface area contributed by atoms with E-state index in [1.54, 1.807) is 0 Å². The summed E-state index contributed by atoms with van der Waals surface area (Å²) < 4.78 is 0. The highest BCUT2D eigenvalue weighted by Gasteiger charge is 2.26. The summed E-state index contributed by atoms with van der Waals surface area (Å²) in [6.07, 6.45) is 11.0.